The van der Waals surface area contributed by atoms with Crippen molar-refractivity contribution in [1.82, 2.24) is 0 Å². The summed E-state index contributed by atoms with van der Waals surface area (Å²) in [6, 6.07) is 3.34. The zero-order valence-electron chi connectivity index (χ0n) is 12.1. The Morgan fingerprint density at radius 2 is 1.58 bits per heavy atom. The summed E-state index contributed by atoms with van der Waals surface area (Å²) in [4.78, 5) is 0. The van der Waals surface area contributed by atoms with Crippen LogP contribution < -0.4 is 19.9 Å². The average Bonchev–Trinajstić information content (AvgIpc) is 2.45. The fourth-order valence-corrected chi connectivity index (χ4v) is 1.79. The molecule has 1 aromatic rings. The third-order valence-electron chi connectivity index (χ3n) is 2.78. The van der Waals surface area contributed by atoms with E-state index in [9.17, 15) is 0 Å². The quantitative estimate of drug-likeness (QED) is 0.733. The molecule has 0 radical (unpaired) electrons. The van der Waals surface area contributed by atoms with Gasteiger partial charge in [-0.15, -0.1) is 0 Å². The molecule has 1 rings (SSSR count). The van der Waals surface area contributed by atoms with Crippen LogP contribution in [0, 0.1) is 0 Å². The Labute approximate surface area is 114 Å². The predicted octanol–water partition coefficient (Wildman–Crippen LogP) is 2.14. The summed E-state index contributed by atoms with van der Waals surface area (Å²) in [6.45, 7) is 3.20. The Balaban J connectivity index is 2.97. The minimum absolute atomic E-state index is 0.263. The maximum absolute atomic E-state index is 6.13. The molecule has 0 spiro atoms. The summed E-state index contributed by atoms with van der Waals surface area (Å²) in [7, 11) is 4.78. The number of nitrogens with two attached hydrogens (primary N) is 1. The van der Waals surface area contributed by atoms with Crippen molar-refractivity contribution >= 4 is 0 Å². The Hall–Kier alpha value is -1.46. The molecule has 1 aromatic carbocycles. The van der Waals surface area contributed by atoms with Gasteiger partial charge >= 0.3 is 0 Å². The molecule has 0 bridgehead atoms. The van der Waals surface area contributed by atoms with Crippen LogP contribution in [-0.2, 0) is 4.74 Å². The van der Waals surface area contributed by atoms with E-state index in [0.717, 1.165) is 12.0 Å². The topological polar surface area (TPSA) is 62.9 Å². The lowest BCUT2D eigenvalue weighted by Gasteiger charge is -2.18. The number of rotatable bonds is 8. The molecule has 0 saturated carbocycles. The van der Waals surface area contributed by atoms with Gasteiger partial charge in [-0.2, -0.15) is 0 Å². The van der Waals surface area contributed by atoms with Crippen molar-refractivity contribution < 1.29 is 18.9 Å². The van der Waals surface area contributed by atoms with Gasteiger partial charge < -0.3 is 24.7 Å². The summed E-state index contributed by atoms with van der Waals surface area (Å²) >= 11 is 0. The van der Waals surface area contributed by atoms with Crippen molar-refractivity contribution in [2.45, 2.75) is 19.4 Å². The van der Waals surface area contributed by atoms with Gasteiger partial charge in [0, 0.05) is 18.2 Å². The molecule has 1 atom stereocenters. The Morgan fingerprint density at radius 1 is 1.00 bits per heavy atom. The van der Waals surface area contributed by atoms with Crippen molar-refractivity contribution in [3.8, 4) is 17.2 Å². The van der Waals surface area contributed by atoms with E-state index < -0.39 is 0 Å². The lowest BCUT2D eigenvalue weighted by atomic mass is 10.1. The summed E-state index contributed by atoms with van der Waals surface area (Å²) in [6.07, 6.45) is 0.968. The molecule has 0 aliphatic carbocycles. The van der Waals surface area contributed by atoms with Gasteiger partial charge in [0.15, 0.2) is 11.5 Å². The van der Waals surface area contributed by atoms with E-state index in [1.165, 1.54) is 0 Å². The van der Waals surface area contributed by atoms with E-state index in [-0.39, 0.29) is 6.04 Å². The minimum Gasteiger partial charge on any atom is -0.496 e. The van der Waals surface area contributed by atoms with Crippen LogP contribution in [-0.4, -0.2) is 34.5 Å². The van der Waals surface area contributed by atoms with Gasteiger partial charge in [0.1, 0.15) is 5.75 Å². The molecule has 0 fully saturated rings. The molecule has 19 heavy (non-hydrogen) atoms. The van der Waals surface area contributed by atoms with Crippen LogP contribution in [0.5, 0.6) is 17.2 Å². The lowest BCUT2D eigenvalue weighted by Crippen LogP contribution is -2.18. The van der Waals surface area contributed by atoms with Crippen molar-refractivity contribution in [2.24, 2.45) is 5.73 Å². The zero-order chi connectivity index (χ0) is 14.3. The maximum atomic E-state index is 6.13. The van der Waals surface area contributed by atoms with Crippen molar-refractivity contribution in [3.05, 3.63) is 17.7 Å². The third-order valence-corrected chi connectivity index (χ3v) is 2.78. The molecule has 1 unspecified atom stereocenters. The molecule has 5 nitrogen and oxygen atoms in total. The second-order valence-electron chi connectivity index (χ2n) is 4.13. The monoisotopic (exact) mass is 269 g/mol. The average molecular weight is 269 g/mol. The third kappa shape index (κ3) is 4.01. The van der Waals surface area contributed by atoms with E-state index in [0.29, 0.717) is 30.5 Å². The van der Waals surface area contributed by atoms with E-state index in [1.807, 2.05) is 6.07 Å². The van der Waals surface area contributed by atoms with Gasteiger partial charge in [0.25, 0.3) is 0 Å². The smallest absolute Gasteiger partial charge is 0.164 e. The summed E-state index contributed by atoms with van der Waals surface area (Å²) in [5.41, 5.74) is 6.97. The summed E-state index contributed by atoms with van der Waals surface area (Å²) in [5, 5.41) is 0. The van der Waals surface area contributed by atoms with Crippen LogP contribution in [0.15, 0.2) is 12.1 Å². The molecule has 0 saturated heterocycles. The Morgan fingerprint density at radius 3 is 2.11 bits per heavy atom. The molecule has 0 aliphatic rings. The summed E-state index contributed by atoms with van der Waals surface area (Å²) < 4.78 is 21.3. The number of hydrogen-bond donors (Lipinski definition) is 1. The van der Waals surface area contributed by atoms with Gasteiger partial charge in [-0.3, -0.25) is 0 Å². The van der Waals surface area contributed by atoms with E-state index in [4.69, 9.17) is 24.7 Å². The molecule has 0 aromatic heterocycles. The van der Waals surface area contributed by atoms with E-state index in [2.05, 4.69) is 6.92 Å². The number of benzene rings is 1. The fraction of sp³-hybridized carbons (Fsp3) is 0.571. The highest BCUT2D eigenvalue weighted by Gasteiger charge is 2.17. The number of hydrogen-bond acceptors (Lipinski definition) is 5. The van der Waals surface area contributed by atoms with Crippen LogP contribution >= 0.6 is 0 Å². The molecule has 0 heterocycles. The van der Waals surface area contributed by atoms with Crippen molar-refractivity contribution in [3.63, 3.8) is 0 Å². The van der Waals surface area contributed by atoms with Gasteiger partial charge in [0.2, 0.25) is 0 Å². The first kappa shape index (κ1) is 15.6. The largest absolute Gasteiger partial charge is 0.496 e. The van der Waals surface area contributed by atoms with Gasteiger partial charge in [-0.25, -0.2) is 0 Å². The Kier molecular flexibility index (Phi) is 6.45. The molecule has 108 valence electrons. The highest BCUT2D eigenvalue weighted by atomic mass is 16.5. The molecular formula is C14H23NO4. The standard InChI is InChI=1S/C14H23NO4/c1-5-6-19-9-11(15)10-7-13(17-3)14(18-4)8-12(10)16-2/h7-8,11H,5-6,9,15H2,1-4H3. The number of ether oxygens (including phenoxy) is 4. The summed E-state index contributed by atoms with van der Waals surface area (Å²) in [5.74, 6) is 1.92. The van der Waals surface area contributed by atoms with Gasteiger partial charge in [0.05, 0.1) is 34.0 Å². The molecule has 0 amide bonds. The maximum Gasteiger partial charge on any atom is 0.164 e. The molecule has 2 N–H and O–H groups in total. The first-order chi connectivity index (χ1) is 9.17. The highest BCUT2D eigenvalue weighted by molar-refractivity contribution is 5.51. The van der Waals surface area contributed by atoms with E-state index in [1.54, 1.807) is 27.4 Å². The first-order valence-corrected chi connectivity index (χ1v) is 6.31. The lowest BCUT2D eigenvalue weighted by molar-refractivity contribution is 0.121. The molecular weight excluding hydrogens is 246 g/mol. The fourth-order valence-electron chi connectivity index (χ4n) is 1.79. The van der Waals surface area contributed by atoms with Crippen LogP contribution in [0.2, 0.25) is 0 Å². The normalized spacial score (nSPS) is 12.1. The first-order valence-electron chi connectivity index (χ1n) is 6.31. The van der Waals surface area contributed by atoms with Gasteiger partial charge in [-0.1, -0.05) is 6.92 Å². The van der Waals surface area contributed by atoms with Crippen LogP contribution in [0.1, 0.15) is 24.9 Å². The molecule has 5 heteroatoms. The minimum atomic E-state index is -0.263. The zero-order valence-corrected chi connectivity index (χ0v) is 12.1. The molecule has 0 aliphatic heterocycles. The highest BCUT2D eigenvalue weighted by Crippen LogP contribution is 2.36. The van der Waals surface area contributed by atoms with E-state index >= 15 is 0 Å². The van der Waals surface area contributed by atoms with Crippen molar-refractivity contribution in [2.75, 3.05) is 34.5 Å². The van der Waals surface area contributed by atoms with Gasteiger partial charge in [-0.05, 0) is 12.5 Å². The second-order valence-corrected chi connectivity index (χ2v) is 4.13. The predicted molar refractivity (Wildman–Crippen MR) is 74.1 cm³/mol. The SMILES string of the molecule is CCCOCC(N)c1cc(OC)c(OC)cc1OC. The van der Waals surface area contributed by atoms with Crippen LogP contribution in [0.3, 0.4) is 0 Å². The Bertz CT molecular complexity index is 395. The second kappa shape index (κ2) is 7.86. The van der Waals surface area contributed by atoms with Crippen molar-refractivity contribution in [1.29, 1.82) is 0 Å². The van der Waals surface area contributed by atoms with Crippen LogP contribution in [0.25, 0.3) is 0 Å². The van der Waals surface area contributed by atoms with Crippen LogP contribution in [0.4, 0.5) is 0 Å². The number of methoxy groups -OCH3 is 3.